The lowest BCUT2D eigenvalue weighted by Crippen LogP contribution is -2.43. The smallest absolute Gasteiger partial charge is 0.314 e. The summed E-state index contributed by atoms with van der Waals surface area (Å²) >= 11 is 1.47. The molecule has 0 fully saturated rings. The van der Waals surface area contributed by atoms with Gasteiger partial charge in [-0.2, -0.15) is 0 Å². The Morgan fingerprint density at radius 3 is 2.82 bits per heavy atom. The molecule has 2 aromatic heterocycles. The molecule has 5 nitrogen and oxygen atoms in total. The number of carbonyl (C=O) groups excluding carboxylic acids is 1. The van der Waals surface area contributed by atoms with Gasteiger partial charge in [0.25, 0.3) is 0 Å². The summed E-state index contributed by atoms with van der Waals surface area (Å²) in [5.74, 6) is 0. The predicted molar refractivity (Wildman–Crippen MR) is 88.0 cm³/mol. The average molecular weight is 319 g/mol. The van der Waals surface area contributed by atoms with Crippen LogP contribution in [0, 0.1) is 6.92 Å². The number of nitrogens with one attached hydrogen (secondary N) is 2. The fraction of sp³-hybridized carbons (Fsp3) is 0.375. The lowest BCUT2D eigenvalue weighted by atomic mass is 10.1. The van der Waals surface area contributed by atoms with Crippen molar-refractivity contribution in [2.45, 2.75) is 25.9 Å². The van der Waals surface area contributed by atoms with Crippen LogP contribution in [0.1, 0.15) is 23.1 Å². The number of nitrogens with zero attached hydrogens (tertiary/aromatic N) is 1. The Morgan fingerprint density at radius 2 is 2.18 bits per heavy atom. The molecule has 0 aliphatic rings. The quantitative estimate of drug-likeness (QED) is 0.764. The molecule has 2 rings (SSSR count). The molecule has 0 saturated heterocycles. The van der Waals surface area contributed by atoms with Crippen LogP contribution >= 0.6 is 11.3 Å². The molecule has 2 heterocycles. The van der Waals surface area contributed by atoms with E-state index >= 15 is 0 Å². The highest BCUT2D eigenvalue weighted by atomic mass is 32.1. The maximum atomic E-state index is 11.8. The van der Waals surface area contributed by atoms with Gasteiger partial charge in [0.05, 0.1) is 6.54 Å². The van der Waals surface area contributed by atoms with E-state index in [1.807, 2.05) is 42.8 Å². The number of aliphatic hydroxyl groups is 1. The number of urea groups is 1. The Kier molecular flexibility index (Phi) is 5.51. The van der Waals surface area contributed by atoms with Gasteiger partial charge in [-0.05, 0) is 43.3 Å². The minimum absolute atomic E-state index is 0.172. The van der Waals surface area contributed by atoms with Gasteiger partial charge in [-0.15, -0.1) is 11.3 Å². The lowest BCUT2D eigenvalue weighted by molar-refractivity contribution is 0.0631. The zero-order valence-electron chi connectivity index (χ0n) is 12.8. The van der Waals surface area contributed by atoms with Crippen molar-refractivity contribution in [2.75, 3.05) is 13.1 Å². The fourth-order valence-corrected chi connectivity index (χ4v) is 2.74. The zero-order chi connectivity index (χ0) is 16.0. The summed E-state index contributed by atoms with van der Waals surface area (Å²) in [5.41, 5.74) is 1.01. The number of rotatable bonds is 6. The second-order valence-corrected chi connectivity index (χ2v) is 6.37. The van der Waals surface area contributed by atoms with E-state index in [4.69, 9.17) is 0 Å². The first-order valence-corrected chi connectivity index (χ1v) is 8.05. The maximum absolute atomic E-state index is 11.8. The highest BCUT2D eigenvalue weighted by molar-refractivity contribution is 7.10. The average Bonchev–Trinajstić information content (AvgIpc) is 3.02. The van der Waals surface area contributed by atoms with Gasteiger partial charge in [0.15, 0.2) is 0 Å². The minimum atomic E-state index is -1.05. The van der Waals surface area contributed by atoms with E-state index in [1.54, 1.807) is 6.92 Å². The molecule has 22 heavy (non-hydrogen) atoms. The molecule has 2 aromatic rings. The van der Waals surface area contributed by atoms with Gasteiger partial charge in [-0.1, -0.05) is 12.1 Å². The Labute approximate surface area is 134 Å². The van der Waals surface area contributed by atoms with Crippen LogP contribution in [0.25, 0.3) is 0 Å². The summed E-state index contributed by atoms with van der Waals surface area (Å²) in [6.07, 6.45) is 2.54. The van der Waals surface area contributed by atoms with Crippen molar-refractivity contribution in [1.29, 1.82) is 0 Å². The number of hydrogen-bond acceptors (Lipinski definition) is 4. The summed E-state index contributed by atoms with van der Waals surface area (Å²) in [6, 6.07) is 7.41. The van der Waals surface area contributed by atoms with Crippen LogP contribution in [0.2, 0.25) is 0 Å². The third-order valence-corrected chi connectivity index (χ3v) is 4.44. The number of carbonyl (C=O) groups is 1. The number of pyridine rings is 1. The van der Waals surface area contributed by atoms with Gasteiger partial charge >= 0.3 is 6.03 Å². The van der Waals surface area contributed by atoms with Crippen molar-refractivity contribution < 1.29 is 9.90 Å². The van der Waals surface area contributed by atoms with E-state index < -0.39 is 5.60 Å². The molecule has 2 amide bonds. The highest BCUT2D eigenvalue weighted by Gasteiger charge is 2.24. The zero-order valence-corrected chi connectivity index (χ0v) is 13.6. The van der Waals surface area contributed by atoms with Crippen LogP contribution < -0.4 is 10.6 Å². The number of thiophene rings is 1. The van der Waals surface area contributed by atoms with Gasteiger partial charge in [-0.25, -0.2) is 4.79 Å². The molecule has 0 spiro atoms. The Balaban J connectivity index is 1.71. The SMILES string of the molecule is Cc1ccc(CCNC(=O)NCC(C)(O)c2cccs2)cn1. The van der Waals surface area contributed by atoms with Crippen LogP contribution in [-0.4, -0.2) is 29.2 Å². The highest BCUT2D eigenvalue weighted by Crippen LogP contribution is 2.24. The number of aryl methyl sites for hydroxylation is 1. The third-order valence-electron chi connectivity index (χ3n) is 3.32. The first-order valence-electron chi connectivity index (χ1n) is 7.17. The Hall–Kier alpha value is -1.92. The van der Waals surface area contributed by atoms with Crippen LogP contribution in [0.4, 0.5) is 4.79 Å². The topological polar surface area (TPSA) is 74.2 Å². The fourth-order valence-electron chi connectivity index (χ4n) is 1.95. The van der Waals surface area contributed by atoms with Gasteiger partial charge in [0.2, 0.25) is 0 Å². The summed E-state index contributed by atoms with van der Waals surface area (Å²) in [6.45, 7) is 4.33. The van der Waals surface area contributed by atoms with E-state index in [9.17, 15) is 9.90 Å². The molecule has 0 aliphatic carbocycles. The van der Waals surface area contributed by atoms with Crippen molar-refractivity contribution in [1.82, 2.24) is 15.6 Å². The van der Waals surface area contributed by atoms with E-state index in [-0.39, 0.29) is 12.6 Å². The second-order valence-electron chi connectivity index (χ2n) is 5.42. The molecule has 0 aromatic carbocycles. The van der Waals surface area contributed by atoms with Gasteiger partial charge in [0.1, 0.15) is 5.60 Å². The summed E-state index contributed by atoms with van der Waals surface area (Å²) in [4.78, 5) is 16.8. The summed E-state index contributed by atoms with van der Waals surface area (Å²) < 4.78 is 0. The number of aromatic nitrogens is 1. The van der Waals surface area contributed by atoms with Crippen molar-refractivity contribution in [3.05, 3.63) is 52.0 Å². The third kappa shape index (κ3) is 4.82. The van der Waals surface area contributed by atoms with E-state index in [1.165, 1.54) is 11.3 Å². The minimum Gasteiger partial charge on any atom is -0.383 e. The predicted octanol–water partition coefficient (Wildman–Crippen LogP) is 2.20. The lowest BCUT2D eigenvalue weighted by Gasteiger charge is -2.22. The first-order chi connectivity index (χ1) is 10.5. The van der Waals surface area contributed by atoms with Gasteiger partial charge in [-0.3, -0.25) is 4.98 Å². The van der Waals surface area contributed by atoms with E-state index in [2.05, 4.69) is 15.6 Å². The molecule has 118 valence electrons. The Bertz CT molecular complexity index is 594. The molecule has 3 N–H and O–H groups in total. The normalized spacial score (nSPS) is 13.4. The molecular formula is C16H21N3O2S. The molecule has 0 aliphatic heterocycles. The van der Waals surface area contributed by atoms with Crippen molar-refractivity contribution in [2.24, 2.45) is 0 Å². The maximum Gasteiger partial charge on any atom is 0.314 e. The van der Waals surface area contributed by atoms with Crippen molar-refractivity contribution in [3.63, 3.8) is 0 Å². The molecule has 0 saturated carbocycles. The molecule has 1 atom stereocenters. The summed E-state index contributed by atoms with van der Waals surface area (Å²) in [7, 11) is 0. The van der Waals surface area contributed by atoms with Crippen LogP contribution in [0.5, 0.6) is 0 Å². The second kappa shape index (κ2) is 7.38. The van der Waals surface area contributed by atoms with Gasteiger partial charge < -0.3 is 15.7 Å². The van der Waals surface area contributed by atoms with Crippen LogP contribution in [0.15, 0.2) is 35.8 Å². The van der Waals surface area contributed by atoms with Crippen LogP contribution in [-0.2, 0) is 12.0 Å². The van der Waals surface area contributed by atoms with Crippen LogP contribution in [0.3, 0.4) is 0 Å². The molecular weight excluding hydrogens is 298 g/mol. The molecule has 6 heteroatoms. The van der Waals surface area contributed by atoms with E-state index in [0.29, 0.717) is 6.54 Å². The van der Waals surface area contributed by atoms with E-state index in [0.717, 1.165) is 22.6 Å². The standard InChI is InChI=1S/C16H21N3O2S/c1-12-5-6-13(10-18-12)7-8-17-15(20)19-11-16(2,21)14-4-3-9-22-14/h3-6,9-10,21H,7-8,11H2,1-2H3,(H2,17,19,20). The van der Waals surface area contributed by atoms with Crippen molar-refractivity contribution in [3.8, 4) is 0 Å². The number of hydrogen-bond donors (Lipinski definition) is 3. The molecule has 0 bridgehead atoms. The molecule has 0 radical (unpaired) electrons. The van der Waals surface area contributed by atoms with Gasteiger partial charge in [0, 0.05) is 23.3 Å². The largest absolute Gasteiger partial charge is 0.383 e. The first kappa shape index (κ1) is 16.5. The monoisotopic (exact) mass is 319 g/mol. The Morgan fingerprint density at radius 1 is 1.36 bits per heavy atom. The number of amides is 2. The summed E-state index contributed by atoms with van der Waals surface area (Å²) in [5, 5.41) is 17.7. The molecule has 1 unspecified atom stereocenters. The van der Waals surface area contributed by atoms with Crippen molar-refractivity contribution >= 4 is 17.4 Å².